The van der Waals surface area contributed by atoms with E-state index in [4.69, 9.17) is 4.74 Å². The number of ether oxygens (including phenoxy) is 1. The number of nitrogens with one attached hydrogen (secondary N) is 1. The fourth-order valence-corrected chi connectivity index (χ4v) is 3.11. The Kier molecular flexibility index (Phi) is 5.31. The summed E-state index contributed by atoms with van der Waals surface area (Å²) in [6.45, 7) is 11.0. The molecule has 0 aliphatic heterocycles. The number of hydrogen-bond donors (Lipinski definition) is 1. The fourth-order valence-electron chi connectivity index (χ4n) is 2.19. The Hall–Kier alpha value is -1.46. The molecule has 1 unspecified atom stereocenters. The first-order chi connectivity index (χ1) is 9.97. The zero-order chi connectivity index (χ0) is 15.4. The molecule has 2 aromatic rings. The van der Waals surface area contributed by atoms with Crippen LogP contribution >= 0.6 is 11.3 Å². The van der Waals surface area contributed by atoms with Crippen LogP contribution in [0, 0.1) is 13.8 Å². The van der Waals surface area contributed by atoms with Crippen molar-refractivity contribution in [1.29, 1.82) is 0 Å². The number of aromatic nitrogens is 2. The lowest BCUT2D eigenvalue weighted by Crippen LogP contribution is -2.20. The van der Waals surface area contributed by atoms with E-state index in [1.54, 1.807) is 17.5 Å². The van der Waals surface area contributed by atoms with Crippen LogP contribution in [-0.2, 0) is 6.54 Å². The van der Waals surface area contributed by atoms with Crippen LogP contribution in [0.25, 0.3) is 0 Å². The predicted octanol–water partition coefficient (Wildman–Crippen LogP) is 3.79. The second kappa shape index (κ2) is 7.00. The first kappa shape index (κ1) is 15.9. The van der Waals surface area contributed by atoms with Crippen molar-refractivity contribution < 1.29 is 4.74 Å². The Morgan fingerprint density at radius 2 is 2.05 bits per heavy atom. The van der Waals surface area contributed by atoms with Crippen molar-refractivity contribution in [2.45, 2.75) is 53.3 Å². The van der Waals surface area contributed by atoms with Crippen molar-refractivity contribution in [3.63, 3.8) is 0 Å². The molecule has 0 saturated heterocycles. The molecule has 0 aliphatic carbocycles. The van der Waals surface area contributed by atoms with E-state index in [1.807, 2.05) is 32.9 Å². The summed E-state index contributed by atoms with van der Waals surface area (Å²) in [5.74, 6) is 0.707. The van der Waals surface area contributed by atoms with E-state index >= 15 is 0 Å². The van der Waals surface area contributed by atoms with E-state index in [-0.39, 0.29) is 12.1 Å². The molecule has 5 heteroatoms. The third-order valence-electron chi connectivity index (χ3n) is 3.15. The molecule has 0 bridgehead atoms. The number of nitrogens with zero attached hydrogens (tertiary/aromatic N) is 2. The largest absolute Gasteiger partial charge is 0.475 e. The minimum atomic E-state index is 0.125. The van der Waals surface area contributed by atoms with Gasteiger partial charge in [-0.3, -0.25) is 0 Å². The van der Waals surface area contributed by atoms with Crippen LogP contribution < -0.4 is 10.1 Å². The lowest BCUT2D eigenvalue weighted by Gasteiger charge is -2.16. The molecule has 0 fully saturated rings. The van der Waals surface area contributed by atoms with Gasteiger partial charge in [-0.2, -0.15) is 0 Å². The Labute approximate surface area is 130 Å². The number of rotatable bonds is 6. The minimum Gasteiger partial charge on any atom is -0.475 e. The summed E-state index contributed by atoms with van der Waals surface area (Å²) in [5, 5.41) is 4.62. The van der Waals surface area contributed by atoms with Crippen molar-refractivity contribution in [1.82, 2.24) is 15.3 Å². The number of thiazole rings is 1. The van der Waals surface area contributed by atoms with Gasteiger partial charge in [-0.15, -0.1) is 11.3 Å². The molecule has 0 saturated carbocycles. The van der Waals surface area contributed by atoms with Gasteiger partial charge in [0.05, 0.1) is 16.8 Å². The molecule has 114 valence electrons. The van der Waals surface area contributed by atoms with E-state index in [9.17, 15) is 0 Å². The lowest BCUT2D eigenvalue weighted by molar-refractivity contribution is 0.229. The Bertz CT molecular complexity index is 595. The van der Waals surface area contributed by atoms with Gasteiger partial charge in [-0.25, -0.2) is 9.97 Å². The van der Waals surface area contributed by atoms with Crippen LogP contribution in [0.2, 0.25) is 0 Å². The van der Waals surface area contributed by atoms with E-state index in [2.05, 4.69) is 29.1 Å². The van der Waals surface area contributed by atoms with E-state index in [1.165, 1.54) is 4.88 Å². The average Bonchev–Trinajstić information content (AvgIpc) is 2.76. The van der Waals surface area contributed by atoms with Crippen LogP contribution in [0.15, 0.2) is 18.3 Å². The quantitative estimate of drug-likeness (QED) is 0.882. The number of pyridine rings is 1. The Morgan fingerprint density at radius 3 is 2.67 bits per heavy atom. The van der Waals surface area contributed by atoms with Crippen LogP contribution in [0.4, 0.5) is 0 Å². The van der Waals surface area contributed by atoms with Gasteiger partial charge in [0.1, 0.15) is 0 Å². The van der Waals surface area contributed by atoms with Crippen LogP contribution in [0.3, 0.4) is 0 Å². The highest BCUT2D eigenvalue weighted by Gasteiger charge is 2.14. The summed E-state index contributed by atoms with van der Waals surface area (Å²) in [6, 6.07) is 4.19. The van der Waals surface area contributed by atoms with Crippen molar-refractivity contribution in [3.05, 3.63) is 39.5 Å². The summed E-state index contributed by atoms with van der Waals surface area (Å²) < 4.78 is 5.75. The summed E-state index contributed by atoms with van der Waals surface area (Å²) in [6.07, 6.45) is 1.89. The fraction of sp³-hybridized carbons (Fsp3) is 0.500. The second-order valence-corrected chi connectivity index (χ2v) is 6.82. The average molecular weight is 305 g/mol. The van der Waals surface area contributed by atoms with Gasteiger partial charge in [-0.05, 0) is 40.7 Å². The standard InChI is InChI=1S/C16H23N3OS/c1-10(2)20-16-14(7-6-8-17-16)9-18-11(3)15-12(4)21-13(5)19-15/h6-8,10-11,18H,9H2,1-5H3. The molecule has 4 nitrogen and oxygen atoms in total. The monoisotopic (exact) mass is 305 g/mol. The van der Waals surface area contributed by atoms with Gasteiger partial charge in [0.2, 0.25) is 5.88 Å². The maximum absolute atomic E-state index is 5.75. The summed E-state index contributed by atoms with van der Waals surface area (Å²) >= 11 is 1.74. The van der Waals surface area contributed by atoms with Crippen LogP contribution in [0.5, 0.6) is 5.88 Å². The molecule has 0 spiro atoms. The smallest absolute Gasteiger partial charge is 0.218 e. The molecule has 21 heavy (non-hydrogen) atoms. The highest BCUT2D eigenvalue weighted by atomic mass is 32.1. The normalized spacial score (nSPS) is 12.7. The zero-order valence-electron chi connectivity index (χ0n) is 13.3. The van der Waals surface area contributed by atoms with Crippen molar-refractivity contribution in [2.75, 3.05) is 0 Å². The van der Waals surface area contributed by atoms with Crippen LogP contribution in [0.1, 0.15) is 48.0 Å². The molecule has 2 heterocycles. The van der Waals surface area contributed by atoms with E-state index < -0.39 is 0 Å². The summed E-state index contributed by atoms with van der Waals surface area (Å²) in [7, 11) is 0. The Balaban J connectivity index is 2.04. The summed E-state index contributed by atoms with van der Waals surface area (Å²) in [5.41, 5.74) is 2.20. The van der Waals surface area contributed by atoms with E-state index in [0.29, 0.717) is 12.4 Å². The molecule has 2 rings (SSSR count). The second-order valence-electron chi connectivity index (χ2n) is 5.41. The van der Waals surface area contributed by atoms with E-state index in [0.717, 1.165) is 16.3 Å². The van der Waals surface area contributed by atoms with Crippen molar-refractivity contribution in [3.8, 4) is 5.88 Å². The van der Waals surface area contributed by atoms with Gasteiger partial charge in [0.15, 0.2) is 0 Å². The van der Waals surface area contributed by atoms with Gasteiger partial charge in [0.25, 0.3) is 0 Å². The topological polar surface area (TPSA) is 47.0 Å². The molecular formula is C16H23N3OS. The third-order valence-corrected chi connectivity index (χ3v) is 4.05. The summed E-state index contributed by atoms with van der Waals surface area (Å²) in [4.78, 5) is 10.2. The molecule has 1 atom stereocenters. The van der Waals surface area contributed by atoms with Crippen LogP contribution in [-0.4, -0.2) is 16.1 Å². The first-order valence-electron chi connectivity index (χ1n) is 7.25. The maximum Gasteiger partial charge on any atom is 0.218 e. The van der Waals surface area contributed by atoms with Crippen molar-refractivity contribution >= 4 is 11.3 Å². The Morgan fingerprint density at radius 1 is 1.29 bits per heavy atom. The lowest BCUT2D eigenvalue weighted by atomic mass is 10.2. The highest BCUT2D eigenvalue weighted by Crippen LogP contribution is 2.23. The van der Waals surface area contributed by atoms with Crippen molar-refractivity contribution in [2.24, 2.45) is 0 Å². The molecule has 0 amide bonds. The number of aryl methyl sites for hydroxylation is 2. The highest BCUT2D eigenvalue weighted by molar-refractivity contribution is 7.11. The molecular weight excluding hydrogens is 282 g/mol. The molecule has 1 N–H and O–H groups in total. The molecule has 0 aliphatic rings. The number of hydrogen-bond acceptors (Lipinski definition) is 5. The van der Waals surface area contributed by atoms with Gasteiger partial charge < -0.3 is 10.1 Å². The first-order valence-corrected chi connectivity index (χ1v) is 8.07. The maximum atomic E-state index is 5.75. The molecule has 2 aromatic heterocycles. The van der Waals surface area contributed by atoms with Gasteiger partial charge >= 0.3 is 0 Å². The predicted molar refractivity (Wildman–Crippen MR) is 86.8 cm³/mol. The minimum absolute atomic E-state index is 0.125. The SMILES string of the molecule is Cc1nc(C(C)NCc2cccnc2OC(C)C)c(C)s1. The molecule has 0 radical (unpaired) electrons. The van der Waals surface area contributed by atoms with Gasteiger partial charge in [-0.1, -0.05) is 6.07 Å². The molecule has 0 aromatic carbocycles. The van der Waals surface area contributed by atoms with Gasteiger partial charge in [0, 0.05) is 29.2 Å². The zero-order valence-corrected chi connectivity index (χ0v) is 14.1. The third kappa shape index (κ3) is 4.25.